The van der Waals surface area contributed by atoms with E-state index in [-0.39, 0.29) is 15.6 Å². The molecule has 1 fully saturated rings. The number of esters is 1. The number of hydrogen-bond acceptors (Lipinski definition) is 7. The van der Waals surface area contributed by atoms with Crippen molar-refractivity contribution >= 4 is 46.3 Å². The van der Waals surface area contributed by atoms with Gasteiger partial charge >= 0.3 is 5.97 Å². The van der Waals surface area contributed by atoms with Crippen molar-refractivity contribution in [1.29, 1.82) is 0 Å². The first kappa shape index (κ1) is 29.4. The van der Waals surface area contributed by atoms with E-state index >= 15 is 0 Å². The van der Waals surface area contributed by atoms with Gasteiger partial charge in [0, 0.05) is 0 Å². The molecule has 1 aliphatic rings. The van der Waals surface area contributed by atoms with Gasteiger partial charge in [0.15, 0.2) is 17.5 Å². The highest BCUT2D eigenvalue weighted by Gasteiger charge is 2.41. The van der Waals surface area contributed by atoms with Crippen molar-refractivity contribution in [3.8, 4) is 11.5 Å². The van der Waals surface area contributed by atoms with E-state index in [1.165, 1.54) is 17.6 Å². The lowest BCUT2D eigenvalue weighted by Crippen LogP contribution is -2.37. The van der Waals surface area contributed by atoms with Gasteiger partial charge in [0.05, 0.1) is 18.6 Å². The van der Waals surface area contributed by atoms with Crippen molar-refractivity contribution in [2.45, 2.75) is 45.8 Å². The zero-order valence-corrected chi connectivity index (χ0v) is 24.9. The summed E-state index contributed by atoms with van der Waals surface area (Å²) in [6.07, 6.45) is 1.75. The van der Waals surface area contributed by atoms with E-state index in [1.54, 1.807) is 30.3 Å². The van der Waals surface area contributed by atoms with Crippen molar-refractivity contribution in [1.82, 2.24) is 4.90 Å². The molecule has 0 spiro atoms. The van der Waals surface area contributed by atoms with Gasteiger partial charge in [-0.2, -0.15) is 0 Å². The van der Waals surface area contributed by atoms with Gasteiger partial charge in [-0.05, 0) is 52.8 Å². The molecule has 6 nitrogen and oxygen atoms in total. The Morgan fingerprint density at radius 2 is 1.70 bits per heavy atom. The maximum absolute atomic E-state index is 13.5. The van der Waals surface area contributed by atoms with E-state index in [2.05, 4.69) is 45.0 Å². The van der Waals surface area contributed by atoms with Gasteiger partial charge in [0.25, 0.3) is 5.91 Å². The lowest BCUT2D eigenvalue weighted by Gasteiger charge is -2.24. The first-order chi connectivity index (χ1) is 19.1. The van der Waals surface area contributed by atoms with Gasteiger partial charge in [0.2, 0.25) is 0 Å². The summed E-state index contributed by atoms with van der Waals surface area (Å²) in [4.78, 5) is 27.9. The van der Waals surface area contributed by atoms with E-state index < -0.39 is 12.0 Å². The average molecular weight is 576 g/mol. The zero-order valence-electron chi connectivity index (χ0n) is 23.3. The van der Waals surface area contributed by atoms with Gasteiger partial charge in [-0.25, -0.2) is 4.79 Å². The highest BCUT2D eigenvalue weighted by Crippen LogP contribution is 2.39. The summed E-state index contributed by atoms with van der Waals surface area (Å²) in [6, 6.07) is 22.0. The fourth-order valence-corrected chi connectivity index (χ4v) is 5.57. The molecule has 0 bridgehead atoms. The van der Waals surface area contributed by atoms with E-state index in [9.17, 15) is 9.59 Å². The molecule has 0 saturated carbocycles. The quantitative estimate of drug-likeness (QED) is 0.153. The van der Waals surface area contributed by atoms with Gasteiger partial charge in [-0.3, -0.25) is 9.69 Å². The predicted molar refractivity (Wildman–Crippen MR) is 163 cm³/mol. The molecule has 1 amide bonds. The van der Waals surface area contributed by atoms with Crippen molar-refractivity contribution in [3.63, 3.8) is 0 Å². The third-order valence-electron chi connectivity index (χ3n) is 6.40. The van der Waals surface area contributed by atoms with Crippen molar-refractivity contribution in [3.05, 3.63) is 100.0 Å². The zero-order chi connectivity index (χ0) is 28.9. The molecule has 208 valence electrons. The third-order valence-corrected chi connectivity index (χ3v) is 7.73. The molecular formula is C32H33NO5S2. The standard InChI is InChI=1S/C32H33NO5S2/c1-6-37-26-18-22(14-17-25(26)38-20-21-12-15-24(16-13-21)32(2,3)4)19-27-29(34)33(31(39)40-27)28(30(35)36-5)23-10-8-7-9-11-23/h7-19,28H,6,20H2,1-5H3/b27-19+. The van der Waals surface area contributed by atoms with E-state index in [0.717, 1.165) is 22.9 Å². The molecule has 0 aliphatic carbocycles. The molecule has 1 saturated heterocycles. The van der Waals surface area contributed by atoms with Crippen molar-refractivity contribution < 1.29 is 23.8 Å². The number of rotatable bonds is 9. The Morgan fingerprint density at radius 3 is 2.33 bits per heavy atom. The normalized spacial score (nSPS) is 15.3. The number of carbonyl (C=O) groups is 2. The van der Waals surface area contributed by atoms with Crippen LogP contribution in [-0.4, -0.2) is 34.8 Å². The van der Waals surface area contributed by atoms with Crippen LogP contribution in [0, 0.1) is 0 Å². The van der Waals surface area contributed by atoms with Gasteiger partial charge in [-0.15, -0.1) is 0 Å². The van der Waals surface area contributed by atoms with Gasteiger partial charge in [0.1, 0.15) is 10.9 Å². The second-order valence-electron chi connectivity index (χ2n) is 10.3. The molecule has 0 N–H and O–H groups in total. The summed E-state index contributed by atoms with van der Waals surface area (Å²) < 4.78 is 17.3. The first-order valence-electron chi connectivity index (χ1n) is 13.0. The topological polar surface area (TPSA) is 65.1 Å². The van der Waals surface area contributed by atoms with Crippen LogP contribution in [0.1, 0.15) is 56.0 Å². The Hall–Kier alpha value is -3.62. The molecule has 1 unspecified atom stereocenters. The van der Waals surface area contributed by atoms with Crippen LogP contribution in [0.2, 0.25) is 0 Å². The minimum Gasteiger partial charge on any atom is -0.490 e. The molecule has 0 radical (unpaired) electrons. The van der Waals surface area contributed by atoms with Crippen LogP contribution in [0.5, 0.6) is 11.5 Å². The fraction of sp³-hybridized carbons (Fsp3) is 0.281. The van der Waals surface area contributed by atoms with Crippen LogP contribution < -0.4 is 9.47 Å². The predicted octanol–water partition coefficient (Wildman–Crippen LogP) is 7.08. The van der Waals surface area contributed by atoms with Crippen LogP contribution in [0.4, 0.5) is 0 Å². The number of carbonyl (C=O) groups excluding carboxylic acids is 2. The minimum atomic E-state index is -0.961. The smallest absolute Gasteiger partial charge is 0.333 e. The number of benzene rings is 3. The molecule has 1 heterocycles. The maximum Gasteiger partial charge on any atom is 0.333 e. The number of thiocarbonyl (C=S) groups is 1. The Bertz CT molecular complexity index is 1410. The van der Waals surface area contributed by atoms with E-state index in [4.69, 9.17) is 26.4 Å². The Balaban J connectivity index is 1.54. The number of ether oxygens (including phenoxy) is 3. The molecule has 0 aromatic heterocycles. The molecule has 40 heavy (non-hydrogen) atoms. The third kappa shape index (κ3) is 6.74. The summed E-state index contributed by atoms with van der Waals surface area (Å²) in [6.45, 7) is 9.33. The molecular weight excluding hydrogens is 542 g/mol. The van der Waals surface area contributed by atoms with E-state index in [1.807, 2.05) is 31.2 Å². The van der Waals surface area contributed by atoms with Crippen LogP contribution in [0.15, 0.2) is 77.7 Å². The maximum atomic E-state index is 13.5. The van der Waals surface area contributed by atoms with Crippen LogP contribution in [0.25, 0.3) is 6.08 Å². The molecule has 8 heteroatoms. The Morgan fingerprint density at radius 1 is 1.00 bits per heavy atom. The summed E-state index contributed by atoms with van der Waals surface area (Å²) in [5, 5.41) is 0. The first-order valence-corrected chi connectivity index (χ1v) is 14.2. The molecule has 3 aromatic carbocycles. The lowest BCUT2D eigenvalue weighted by atomic mass is 9.87. The SMILES string of the molecule is CCOc1cc(/C=C2/SC(=S)N(C(C(=O)OC)c3ccccc3)C2=O)ccc1OCc1ccc(C(C)(C)C)cc1. The summed E-state index contributed by atoms with van der Waals surface area (Å²) in [5.74, 6) is 0.277. The lowest BCUT2D eigenvalue weighted by molar-refractivity contribution is -0.148. The number of methoxy groups -OCH3 is 1. The van der Waals surface area contributed by atoms with Crippen LogP contribution in [0.3, 0.4) is 0 Å². The van der Waals surface area contributed by atoms with Crippen molar-refractivity contribution in [2.75, 3.05) is 13.7 Å². The Kier molecular flexibility index (Phi) is 9.32. The number of nitrogens with zero attached hydrogens (tertiary/aromatic N) is 1. The van der Waals surface area contributed by atoms with Crippen molar-refractivity contribution in [2.24, 2.45) is 0 Å². The van der Waals surface area contributed by atoms with Gasteiger partial charge < -0.3 is 14.2 Å². The number of thioether (sulfide) groups is 1. The van der Waals surface area contributed by atoms with Crippen LogP contribution in [-0.2, 0) is 26.3 Å². The summed E-state index contributed by atoms with van der Waals surface area (Å²) in [7, 11) is 1.30. The molecule has 1 atom stereocenters. The summed E-state index contributed by atoms with van der Waals surface area (Å²) >= 11 is 6.68. The fourth-order valence-electron chi connectivity index (χ4n) is 4.26. The Labute approximate surface area is 245 Å². The highest BCUT2D eigenvalue weighted by atomic mass is 32.2. The highest BCUT2D eigenvalue weighted by molar-refractivity contribution is 8.26. The molecule has 4 rings (SSSR count). The second-order valence-corrected chi connectivity index (χ2v) is 11.9. The largest absolute Gasteiger partial charge is 0.490 e. The molecule has 1 aliphatic heterocycles. The summed E-state index contributed by atoms with van der Waals surface area (Å²) in [5.41, 5.74) is 3.79. The van der Waals surface area contributed by atoms with E-state index in [0.29, 0.717) is 35.2 Å². The average Bonchev–Trinajstić information content (AvgIpc) is 3.21. The van der Waals surface area contributed by atoms with Crippen LogP contribution >= 0.6 is 24.0 Å². The number of hydrogen-bond donors (Lipinski definition) is 0. The second kappa shape index (κ2) is 12.7. The van der Waals surface area contributed by atoms with Gasteiger partial charge in [-0.1, -0.05) is 105 Å². The minimum absolute atomic E-state index is 0.0907. The monoisotopic (exact) mass is 575 g/mol. The number of amides is 1. The molecule has 3 aromatic rings.